The Kier molecular flexibility index (Phi) is 4.05. The maximum atomic E-state index is 14.0. The summed E-state index contributed by atoms with van der Waals surface area (Å²) in [6, 6.07) is 3.58. The average Bonchev–Trinajstić information content (AvgIpc) is 2.35. The molecule has 0 bridgehead atoms. The second kappa shape index (κ2) is 5.54. The van der Waals surface area contributed by atoms with Gasteiger partial charge < -0.3 is 5.32 Å². The van der Waals surface area contributed by atoms with E-state index in [9.17, 15) is 13.2 Å². The summed E-state index contributed by atoms with van der Waals surface area (Å²) in [7, 11) is 0. The summed E-state index contributed by atoms with van der Waals surface area (Å²) in [4.78, 5) is 0. The molecule has 1 fully saturated rings. The van der Waals surface area contributed by atoms with Crippen molar-refractivity contribution >= 4 is 0 Å². The first-order valence-electron chi connectivity index (χ1n) is 5.95. The van der Waals surface area contributed by atoms with Crippen LogP contribution in [0.1, 0.15) is 18.4 Å². The van der Waals surface area contributed by atoms with E-state index in [-0.39, 0.29) is 12.3 Å². The van der Waals surface area contributed by atoms with Crippen molar-refractivity contribution in [3.05, 3.63) is 35.4 Å². The van der Waals surface area contributed by atoms with Crippen molar-refractivity contribution in [1.82, 2.24) is 5.32 Å². The highest BCUT2D eigenvalue weighted by molar-refractivity contribution is 5.18. The highest BCUT2D eigenvalue weighted by atomic mass is 19.2. The summed E-state index contributed by atoms with van der Waals surface area (Å²) in [5.74, 6) is -1.81. The highest BCUT2D eigenvalue weighted by Crippen LogP contribution is 2.21. The summed E-state index contributed by atoms with van der Waals surface area (Å²) in [6.45, 7) is 1.61. The second-order valence-electron chi connectivity index (χ2n) is 4.58. The van der Waals surface area contributed by atoms with Gasteiger partial charge in [0.2, 0.25) is 0 Å². The molecule has 1 nitrogen and oxygen atoms in total. The predicted octanol–water partition coefficient (Wildman–Crippen LogP) is 2.85. The second-order valence-corrected chi connectivity index (χ2v) is 4.58. The molecule has 0 amide bonds. The predicted molar refractivity (Wildman–Crippen MR) is 60.6 cm³/mol. The maximum absolute atomic E-state index is 14.0. The quantitative estimate of drug-likeness (QED) is 0.860. The zero-order chi connectivity index (χ0) is 12.3. The van der Waals surface area contributed by atoms with E-state index in [2.05, 4.69) is 5.32 Å². The third kappa shape index (κ3) is 3.22. The van der Waals surface area contributed by atoms with E-state index in [0.717, 1.165) is 31.5 Å². The minimum atomic E-state index is -0.993. The summed E-state index contributed by atoms with van der Waals surface area (Å²) in [5.41, 5.74) is 0.516. The molecule has 1 aromatic carbocycles. The van der Waals surface area contributed by atoms with Crippen LogP contribution in [0.5, 0.6) is 0 Å². The van der Waals surface area contributed by atoms with Crippen LogP contribution in [0.2, 0.25) is 0 Å². The molecule has 0 radical (unpaired) electrons. The molecule has 1 heterocycles. The largest absolute Gasteiger partial charge is 0.316 e. The lowest BCUT2D eigenvalue weighted by Gasteiger charge is -2.25. The minimum absolute atomic E-state index is 0.0168. The standard InChI is InChI=1S/C13H16F3N/c14-11-4-3-9(7-13(11)16)6-12(15)10-2-1-5-17-8-10/h3-4,7,10,12,17H,1-2,5-6,8H2. The van der Waals surface area contributed by atoms with E-state index in [1.807, 2.05) is 0 Å². The molecule has 1 N–H and O–H groups in total. The molecule has 2 atom stereocenters. The first kappa shape index (κ1) is 12.4. The topological polar surface area (TPSA) is 12.0 Å². The molecule has 1 aliphatic rings. The Morgan fingerprint density at radius 1 is 1.29 bits per heavy atom. The van der Waals surface area contributed by atoms with E-state index < -0.39 is 17.8 Å². The third-order valence-corrected chi connectivity index (χ3v) is 3.26. The SMILES string of the molecule is Fc1ccc(CC(F)C2CCCNC2)cc1F. The van der Waals surface area contributed by atoms with Gasteiger partial charge in [-0.2, -0.15) is 0 Å². The first-order valence-corrected chi connectivity index (χ1v) is 5.95. The number of rotatable bonds is 3. The van der Waals surface area contributed by atoms with E-state index in [1.54, 1.807) is 0 Å². The summed E-state index contributed by atoms with van der Waals surface area (Å²) >= 11 is 0. The van der Waals surface area contributed by atoms with Gasteiger partial charge in [0.25, 0.3) is 0 Å². The van der Waals surface area contributed by atoms with Gasteiger partial charge in [-0.25, -0.2) is 13.2 Å². The molecule has 0 aromatic heterocycles. The van der Waals surface area contributed by atoms with Gasteiger partial charge >= 0.3 is 0 Å². The van der Waals surface area contributed by atoms with Crippen molar-refractivity contribution in [2.24, 2.45) is 5.92 Å². The normalized spacial score (nSPS) is 22.4. The molecule has 2 rings (SSSR count). The smallest absolute Gasteiger partial charge is 0.159 e. The molecule has 0 aliphatic carbocycles. The van der Waals surface area contributed by atoms with Gasteiger partial charge in [0.1, 0.15) is 6.17 Å². The van der Waals surface area contributed by atoms with Gasteiger partial charge in [-0.15, -0.1) is 0 Å². The molecule has 94 valence electrons. The Balaban J connectivity index is 1.96. The zero-order valence-corrected chi connectivity index (χ0v) is 9.56. The van der Waals surface area contributed by atoms with Crippen LogP contribution in [-0.2, 0) is 6.42 Å². The fraction of sp³-hybridized carbons (Fsp3) is 0.538. The van der Waals surface area contributed by atoms with Crippen LogP contribution in [0.15, 0.2) is 18.2 Å². The summed E-state index contributed by atoms with van der Waals surface area (Å²) in [5, 5.41) is 3.15. The van der Waals surface area contributed by atoms with E-state index in [4.69, 9.17) is 0 Å². The number of halogens is 3. The molecule has 1 saturated heterocycles. The third-order valence-electron chi connectivity index (χ3n) is 3.26. The molecule has 1 aromatic rings. The molecule has 0 spiro atoms. The van der Waals surface area contributed by atoms with Gasteiger partial charge in [0, 0.05) is 18.9 Å². The van der Waals surface area contributed by atoms with Crippen molar-refractivity contribution in [1.29, 1.82) is 0 Å². The molecule has 0 saturated carbocycles. The van der Waals surface area contributed by atoms with Crippen molar-refractivity contribution in [2.75, 3.05) is 13.1 Å². The number of piperidine rings is 1. The van der Waals surface area contributed by atoms with Crippen LogP contribution < -0.4 is 5.32 Å². The summed E-state index contributed by atoms with van der Waals surface area (Å²) in [6.07, 6.45) is 0.997. The fourth-order valence-electron chi connectivity index (χ4n) is 2.25. The van der Waals surface area contributed by atoms with Gasteiger partial charge in [0.05, 0.1) is 0 Å². The number of hydrogen-bond donors (Lipinski definition) is 1. The lowest BCUT2D eigenvalue weighted by atomic mass is 9.91. The number of benzene rings is 1. The Bertz CT molecular complexity index is 375. The Morgan fingerprint density at radius 2 is 2.12 bits per heavy atom. The Morgan fingerprint density at radius 3 is 2.76 bits per heavy atom. The van der Waals surface area contributed by atoms with Crippen molar-refractivity contribution in [2.45, 2.75) is 25.4 Å². The molecular weight excluding hydrogens is 227 g/mol. The molecule has 1 aliphatic heterocycles. The van der Waals surface area contributed by atoms with Crippen LogP contribution in [-0.4, -0.2) is 19.3 Å². The van der Waals surface area contributed by atoms with Crippen molar-refractivity contribution in [3.63, 3.8) is 0 Å². The average molecular weight is 243 g/mol. The Hall–Kier alpha value is -1.03. The van der Waals surface area contributed by atoms with Crippen molar-refractivity contribution < 1.29 is 13.2 Å². The van der Waals surface area contributed by atoms with Crippen LogP contribution in [0, 0.1) is 17.6 Å². The van der Waals surface area contributed by atoms with Crippen molar-refractivity contribution in [3.8, 4) is 0 Å². The van der Waals surface area contributed by atoms with Gasteiger partial charge in [-0.05, 0) is 37.1 Å². The van der Waals surface area contributed by atoms with Gasteiger partial charge in [-0.1, -0.05) is 6.07 Å². The number of alkyl halides is 1. The highest BCUT2D eigenvalue weighted by Gasteiger charge is 2.23. The van der Waals surface area contributed by atoms with E-state index in [0.29, 0.717) is 12.1 Å². The Labute approximate surface area is 99.0 Å². The molecule has 17 heavy (non-hydrogen) atoms. The molecule has 2 unspecified atom stereocenters. The lowest BCUT2D eigenvalue weighted by molar-refractivity contribution is 0.191. The van der Waals surface area contributed by atoms with Crippen LogP contribution in [0.4, 0.5) is 13.2 Å². The lowest BCUT2D eigenvalue weighted by Crippen LogP contribution is -2.35. The first-order chi connectivity index (χ1) is 8.16. The maximum Gasteiger partial charge on any atom is 0.159 e. The zero-order valence-electron chi connectivity index (χ0n) is 9.56. The van der Waals surface area contributed by atoms with E-state index >= 15 is 0 Å². The summed E-state index contributed by atoms with van der Waals surface area (Å²) < 4.78 is 39.6. The number of hydrogen-bond acceptors (Lipinski definition) is 1. The van der Waals surface area contributed by atoms with Crippen LogP contribution >= 0.6 is 0 Å². The van der Waals surface area contributed by atoms with Gasteiger partial charge in [-0.3, -0.25) is 0 Å². The van der Waals surface area contributed by atoms with Gasteiger partial charge in [0.15, 0.2) is 11.6 Å². The van der Waals surface area contributed by atoms with Crippen LogP contribution in [0.3, 0.4) is 0 Å². The number of nitrogens with one attached hydrogen (secondary N) is 1. The van der Waals surface area contributed by atoms with Crippen LogP contribution in [0.25, 0.3) is 0 Å². The molecular formula is C13H16F3N. The monoisotopic (exact) mass is 243 g/mol. The van der Waals surface area contributed by atoms with E-state index in [1.165, 1.54) is 6.07 Å². The molecule has 4 heteroatoms. The minimum Gasteiger partial charge on any atom is -0.316 e. The fourth-order valence-corrected chi connectivity index (χ4v) is 2.25.